The topological polar surface area (TPSA) is 111 Å². The highest BCUT2D eigenvalue weighted by molar-refractivity contribution is 7.90. The Morgan fingerprint density at radius 3 is 2.37 bits per heavy atom. The van der Waals surface area contributed by atoms with E-state index >= 15 is 0 Å². The number of amides is 2. The van der Waals surface area contributed by atoms with Crippen LogP contribution in [-0.4, -0.2) is 40.2 Å². The van der Waals surface area contributed by atoms with Gasteiger partial charge in [0.2, 0.25) is 0 Å². The number of nitrogens with one attached hydrogen (secondary N) is 2. The van der Waals surface area contributed by atoms with Gasteiger partial charge in [-0.2, -0.15) is 0 Å². The standard InChI is InChI=1S/C21H26N2O6S/c1-4-15(2)29-21(25)23-30(26,27)17-11-9-16(10-12-17)13-14-22-20(24)18-7-5-6-8-19(18)28-3/h5-12,15H,4,13-14H2,1-3H3,(H,22,24)(H,23,25). The van der Waals surface area contributed by atoms with Crippen molar-refractivity contribution in [1.29, 1.82) is 0 Å². The third-order valence-electron chi connectivity index (χ3n) is 4.39. The van der Waals surface area contributed by atoms with Crippen molar-refractivity contribution in [2.24, 2.45) is 0 Å². The van der Waals surface area contributed by atoms with Crippen molar-refractivity contribution in [1.82, 2.24) is 10.0 Å². The fraction of sp³-hybridized carbons (Fsp3) is 0.333. The molecule has 0 saturated carbocycles. The summed E-state index contributed by atoms with van der Waals surface area (Å²) in [6.07, 6.45) is -0.304. The lowest BCUT2D eigenvalue weighted by Gasteiger charge is -2.12. The van der Waals surface area contributed by atoms with Crippen LogP contribution < -0.4 is 14.8 Å². The number of para-hydroxylation sites is 1. The molecule has 0 aliphatic carbocycles. The molecule has 0 aliphatic rings. The summed E-state index contributed by atoms with van der Waals surface area (Å²) in [5.41, 5.74) is 1.27. The highest BCUT2D eigenvalue weighted by atomic mass is 32.2. The minimum Gasteiger partial charge on any atom is -0.496 e. The zero-order chi connectivity index (χ0) is 22.1. The van der Waals surface area contributed by atoms with Crippen molar-refractivity contribution in [3.63, 3.8) is 0 Å². The first-order valence-corrected chi connectivity index (χ1v) is 11.0. The Labute approximate surface area is 176 Å². The van der Waals surface area contributed by atoms with E-state index in [0.717, 1.165) is 5.56 Å². The molecule has 0 heterocycles. The van der Waals surface area contributed by atoms with Gasteiger partial charge in [-0.25, -0.2) is 17.9 Å². The number of ether oxygens (including phenoxy) is 2. The second-order valence-corrected chi connectivity index (χ2v) is 8.26. The van der Waals surface area contributed by atoms with Crippen molar-refractivity contribution in [3.8, 4) is 5.75 Å². The van der Waals surface area contributed by atoms with Crippen LogP contribution in [0.25, 0.3) is 0 Å². The highest BCUT2D eigenvalue weighted by Crippen LogP contribution is 2.17. The molecule has 0 aromatic heterocycles. The summed E-state index contributed by atoms with van der Waals surface area (Å²) in [4.78, 5) is 23.9. The predicted octanol–water partition coefficient (Wildman–Crippen LogP) is 2.88. The van der Waals surface area contributed by atoms with Crippen LogP contribution in [0.1, 0.15) is 36.2 Å². The average Bonchev–Trinajstić information content (AvgIpc) is 2.73. The Hall–Kier alpha value is -3.07. The number of methoxy groups -OCH3 is 1. The lowest BCUT2D eigenvalue weighted by molar-refractivity contribution is 0.0950. The van der Waals surface area contributed by atoms with Crippen molar-refractivity contribution in [3.05, 3.63) is 59.7 Å². The smallest absolute Gasteiger partial charge is 0.421 e. The molecule has 0 aliphatic heterocycles. The summed E-state index contributed by atoms with van der Waals surface area (Å²) in [7, 11) is -2.52. The Kier molecular flexibility index (Phi) is 8.23. The summed E-state index contributed by atoms with van der Waals surface area (Å²) >= 11 is 0. The van der Waals surface area contributed by atoms with E-state index < -0.39 is 16.1 Å². The molecule has 1 atom stereocenters. The number of hydrogen-bond donors (Lipinski definition) is 2. The molecule has 9 heteroatoms. The van der Waals surface area contributed by atoms with Crippen LogP contribution in [0.3, 0.4) is 0 Å². The predicted molar refractivity (Wildman–Crippen MR) is 112 cm³/mol. The van der Waals surface area contributed by atoms with Gasteiger partial charge in [0, 0.05) is 6.54 Å². The van der Waals surface area contributed by atoms with Gasteiger partial charge >= 0.3 is 6.09 Å². The average molecular weight is 435 g/mol. The zero-order valence-corrected chi connectivity index (χ0v) is 18.0. The normalized spacial score (nSPS) is 12.0. The summed E-state index contributed by atoms with van der Waals surface area (Å²) in [6, 6.07) is 13.0. The van der Waals surface area contributed by atoms with Gasteiger partial charge in [0.25, 0.3) is 15.9 Å². The molecule has 162 valence electrons. The van der Waals surface area contributed by atoms with Crippen LogP contribution >= 0.6 is 0 Å². The molecule has 2 aromatic rings. The molecule has 1 unspecified atom stereocenters. The Bertz CT molecular complexity index is 973. The molecule has 0 saturated heterocycles. The second kappa shape index (κ2) is 10.6. The Morgan fingerprint density at radius 2 is 1.73 bits per heavy atom. The van der Waals surface area contributed by atoms with Gasteiger partial charge in [-0.3, -0.25) is 4.79 Å². The minimum absolute atomic E-state index is 0.0505. The lowest BCUT2D eigenvalue weighted by atomic mass is 10.1. The number of carbonyl (C=O) groups excluding carboxylic acids is 2. The number of sulfonamides is 1. The lowest BCUT2D eigenvalue weighted by Crippen LogP contribution is -2.33. The first-order chi connectivity index (χ1) is 14.3. The molecule has 0 spiro atoms. The summed E-state index contributed by atoms with van der Waals surface area (Å²) in [5, 5.41) is 2.81. The van der Waals surface area contributed by atoms with Crippen LogP contribution in [0.2, 0.25) is 0 Å². The molecular formula is C21H26N2O6S. The van der Waals surface area contributed by atoms with E-state index in [1.165, 1.54) is 19.2 Å². The van der Waals surface area contributed by atoms with Crippen LogP contribution in [0.15, 0.2) is 53.4 Å². The fourth-order valence-corrected chi connectivity index (χ4v) is 3.42. The van der Waals surface area contributed by atoms with E-state index in [1.54, 1.807) is 43.3 Å². The van der Waals surface area contributed by atoms with Crippen molar-refractivity contribution in [2.45, 2.75) is 37.7 Å². The second-order valence-electron chi connectivity index (χ2n) is 6.58. The molecule has 2 aromatic carbocycles. The maximum atomic E-state index is 12.3. The van der Waals surface area contributed by atoms with Crippen molar-refractivity contribution < 1.29 is 27.5 Å². The van der Waals surface area contributed by atoms with Gasteiger partial charge in [-0.05, 0) is 49.6 Å². The first kappa shape index (κ1) is 23.2. The Balaban J connectivity index is 1.91. The summed E-state index contributed by atoms with van der Waals surface area (Å²) in [6.45, 7) is 3.86. The quantitative estimate of drug-likeness (QED) is 0.628. The minimum atomic E-state index is -4.02. The maximum absolute atomic E-state index is 12.3. The van der Waals surface area contributed by atoms with Crippen molar-refractivity contribution >= 4 is 22.0 Å². The van der Waals surface area contributed by atoms with Crippen LogP contribution in [-0.2, 0) is 21.2 Å². The summed E-state index contributed by atoms with van der Waals surface area (Å²) < 4.78 is 36.5. The SMILES string of the molecule is CCC(C)OC(=O)NS(=O)(=O)c1ccc(CCNC(=O)c2ccccc2OC)cc1. The van der Waals surface area contributed by atoms with E-state index in [4.69, 9.17) is 9.47 Å². The van der Waals surface area contributed by atoms with E-state index in [2.05, 4.69) is 5.32 Å². The molecule has 0 fully saturated rings. The largest absolute Gasteiger partial charge is 0.496 e. The molecule has 0 bridgehead atoms. The Morgan fingerprint density at radius 1 is 1.07 bits per heavy atom. The van der Waals surface area contributed by atoms with Crippen LogP contribution in [0, 0.1) is 0 Å². The molecule has 2 N–H and O–H groups in total. The number of hydrogen-bond acceptors (Lipinski definition) is 6. The van der Waals surface area contributed by atoms with Gasteiger partial charge in [0.05, 0.1) is 17.6 Å². The fourth-order valence-electron chi connectivity index (χ4n) is 2.54. The van der Waals surface area contributed by atoms with Crippen LogP contribution in [0.4, 0.5) is 4.79 Å². The van der Waals surface area contributed by atoms with Gasteiger partial charge in [-0.1, -0.05) is 31.2 Å². The first-order valence-electron chi connectivity index (χ1n) is 9.50. The molecule has 8 nitrogen and oxygen atoms in total. The number of carbonyl (C=O) groups is 2. The maximum Gasteiger partial charge on any atom is 0.421 e. The van der Waals surface area contributed by atoms with E-state index in [1.807, 2.05) is 11.6 Å². The molecule has 30 heavy (non-hydrogen) atoms. The molecule has 0 radical (unpaired) electrons. The molecular weight excluding hydrogens is 408 g/mol. The van der Waals surface area contributed by atoms with Gasteiger partial charge < -0.3 is 14.8 Å². The summed E-state index contributed by atoms with van der Waals surface area (Å²) in [5.74, 6) is 0.236. The van der Waals surface area contributed by atoms with Gasteiger partial charge in [-0.15, -0.1) is 0 Å². The molecule has 2 amide bonds. The zero-order valence-electron chi connectivity index (χ0n) is 17.2. The van der Waals surface area contributed by atoms with Crippen molar-refractivity contribution in [2.75, 3.05) is 13.7 Å². The van der Waals surface area contributed by atoms with E-state index in [9.17, 15) is 18.0 Å². The number of rotatable bonds is 9. The van der Waals surface area contributed by atoms with Crippen LogP contribution in [0.5, 0.6) is 5.75 Å². The third kappa shape index (κ3) is 6.48. The van der Waals surface area contributed by atoms with Gasteiger partial charge in [0.1, 0.15) is 11.9 Å². The molecule has 2 rings (SSSR count). The monoisotopic (exact) mass is 434 g/mol. The van der Waals surface area contributed by atoms with Gasteiger partial charge in [0.15, 0.2) is 0 Å². The van der Waals surface area contributed by atoms with E-state index in [0.29, 0.717) is 30.7 Å². The highest BCUT2D eigenvalue weighted by Gasteiger charge is 2.19. The number of benzene rings is 2. The third-order valence-corrected chi connectivity index (χ3v) is 5.71. The van der Waals surface area contributed by atoms with E-state index in [-0.39, 0.29) is 16.9 Å².